The van der Waals surface area contributed by atoms with Gasteiger partial charge in [-0.05, 0) is 33.1 Å². The molecule has 0 heterocycles. The van der Waals surface area contributed by atoms with Gasteiger partial charge in [-0.15, -0.1) is 0 Å². The zero-order valence-electron chi connectivity index (χ0n) is 6.61. The number of nitrogens with zero attached hydrogens (tertiary/aromatic N) is 1. The number of rotatable bonds is 5. The Balaban J connectivity index is 2.91. The molecule has 0 unspecified atom stereocenters. The average molecular weight is 200 g/mol. The first-order valence-electron chi connectivity index (χ1n) is 3.56. The first-order chi connectivity index (χ1) is 4.63. The van der Waals surface area contributed by atoms with Crippen LogP contribution in [0, 0.1) is 0 Å². The van der Waals surface area contributed by atoms with Crippen molar-refractivity contribution in [3.8, 4) is 0 Å². The van der Waals surface area contributed by atoms with E-state index in [9.17, 15) is 0 Å². The van der Waals surface area contributed by atoms with Crippen LogP contribution in [0.3, 0.4) is 0 Å². The molecule has 0 aromatic rings. The van der Waals surface area contributed by atoms with Crippen LogP contribution >= 0.6 is 22.2 Å². The van der Waals surface area contributed by atoms with Crippen LogP contribution in [-0.2, 0) is 0 Å². The first-order valence-corrected chi connectivity index (χ1v) is 7.86. The molecule has 0 aromatic heterocycles. The predicted octanol–water partition coefficient (Wildman–Crippen LogP) is 2.03. The minimum absolute atomic E-state index is 1.05. The van der Waals surface area contributed by atoms with Gasteiger partial charge < -0.3 is 4.90 Å². The van der Waals surface area contributed by atoms with Crippen molar-refractivity contribution in [1.82, 2.24) is 4.90 Å². The lowest BCUT2D eigenvalue weighted by Crippen LogP contribution is -2.12. The lowest BCUT2D eigenvalue weighted by Gasteiger charge is -2.08. The molecule has 0 radical (unpaired) electrons. The molecule has 0 fully saturated rings. The van der Waals surface area contributed by atoms with Gasteiger partial charge in [0, 0.05) is 0 Å². The van der Waals surface area contributed by atoms with E-state index in [1.54, 1.807) is 0 Å². The largest absolute Gasteiger partial charge is 0.309 e. The van der Waals surface area contributed by atoms with Gasteiger partial charge in [0.1, 0.15) is 0 Å². The van der Waals surface area contributed by atoms with E-state index in [0.29, 0.717) is 0 Å². The molecule has 0 rings (SSSR count). The van der Waals surface area contributed by atoms with Crippen LogP contribution < -0.4 is 0 Å². The SMILES string of the molecule is CN(C)CCCC[SiH](Cl)Cl. The Morgan fingerprint density at radius 3 is 2.20 bits per heavy atom. The zero-order chi connectivity index (χ0) is 7.98. The van der Waals surface area contributed by atoms with Crippen LogP contribution in [0.4, 0.5) is 0 Å². The molecule has 4 heteroatoms. The van der Waals surface area contributed by atoms with Crippen LogP contribution in [0.25, 0.3) is 0 Å². The third kappa shape index (κ3) is 8.76. The Hall–Kier alpha value is 0.757. The Bertz CT molecular complexity index is 68.1. The smallest absolute Gasteiger partial charge is 0.237 e. The zero-order valence-corrected chi connectivity index (χ0v) is 9.28. The highest BCUT2D eigenvalue weighted by molar-refractivity contribution is 7.33. The lowest BCUT2D eigenvalue weighted by atomic mass is 10.3. The fraction of sp³-hybridized carbons (Fsp3) is 1.00. The molecular weight excluding hydrogens is 185 g/mol. The minimum atomic E-state index is -1.31. The normalized spacial score (nSPS) is 11.4. The fourth-order valence-corrected chi connectivity index (χ4v) is 2.25. The van der Waals surface area contributed by atoms with Crippen LogP contribution in [0.5, 0.6) is 0 Å². The Morgan fingerprint density at radius 2 is 1.80 bits per heavy atom. The number of halogens is 2. The standard InChI is InChI=1S/C6H15Cl2NSi/c1-9(2)5-3-4-6-10(7)8/h10H,3-6H2,1-2H3. The highest BCUT2D eigenvalue weighted by Gasteiger charge is 2.00. The lowest BCUT2D eigenvalue weighted by molar-refractivity contribution is 0.398. The molecule has 0 bridgehead atoms. The van der Waals surface area contributed by atoms with Crippen LogP contribution in [-0.4, -0.2) is 33.0 Å². The molecule has 62 valence electrons. The summed E-state index contributed by atoms with van der Waals surface area (Å²) in [5.74, 6) is 0. The van der Waals surface area contributed by atoms with Crippen LogP contribution in [0.1, 0.15) is 12.8 Å². The van der Waals surface area contributed by atoms with E-state index in [2.05, 4.69) is 19.0 Å². The number of hydrogen-bond acceptors (Lipinski definition) is 1. The van der Waals surface area contributed by atoms with Gasteiger partial charge in [-0.1, -0.05) is 6.42 Å². The molecule has 1 nitrogen and oxygen atoms in total. The number of hydrogen-bond donors (Lipinski definition) is 0. The number of unbranched alkanes of at least 4 members (excludes halogenated alkanes) is 1. The van der Waals surface area contributed by atoms with Crippen LogP contribution in [0.15, 0.2) is 0 Å². The minimum Gasteiger partial charge on any atom is -0.309 e. The first kappa shape index (κ1) is 10.8. The van der Waals surface area contributed by atoms with E-state index in [4.69, 9.17) is 22.2 Å². The van der Waals surface area contributed by atoms with Crippen molar-refractivity contribution in [1.29, 1.82) is 0 Å². The second-order valence-corrected chi connectivity index (χ2v) is 7.88. The summed E-state index contributed by atoms with van der Waals surface area (Å²) in [6, 6.07) is 1.05. The molecule has 0 spiro atoms. The van der Waals surface area contributed by atoms with Crippen molar-refractivity contribution in [2.24, 2.45) is 0 Å². The van der Waals surface area contributed by atoms with Crippen molar-refractivity contribution in [2.45, 2.75) is 18.9 Å². The van der Waals surface area contributed by atoms with Gasteiger partial charge in [0.25, 0.3) is 0 Å². The average Bonchev–Trinajstić information content (AvgIpc) is 1.79. The predicted molar refractivity (Wildman–Crippen MR) is 51.5 cm³/mol. The summed E-state index contributed by atoms with van der Waals surface area (Å²) >= 11 is 11.4. The fourth-order valence-electron chi connectivity index (χ4n) is 0.727. The molecule has 0 saturated carbocycles. The van der Waals surface area contributed by atoms with Gasteiger partial charge in [-0.25, -0.2) is 0 Å². The summed E-state index contributed by atoms with van der Waals surface area (Å²) in [7, 11) is 2.85. The summed E-state index contributed by atoms with van der Waals surface area (Å²) in [5.41, 5.74) is 0. The summed E-state index contributed by atoms with van der Waals surface area (Å²) in [6.07, 6.45) is 2.40. The molecule has 0 N–H and O–H groups in total. The van der Waals surface area contributed by atoms with Gasteiger partial charge >= 0.3 is 0 Å². The van der Waals surface area contributed by atoms with E-state index in [0.717, 1.165) is 12.6 Å². The van der Waals surface area contributed by atoms with E-state index < -0.39 is 7.42 Å². The third-order valence-electron chi connectivity index (χ3n) is 1.28. The molecule has 0 aliphatic heterocycles. The van der Waals surface area contributed by atoms with Crippen LogP contribution in [0.2, 0.25) is 6.04 Å². The van der Waals surface area contributed by atoms with Gasteiger partial charge in [0.2, 0.25) is 7.42 Å². The summed E-state index contributed by atoms with van der Waals surface area (Å²) in [5, 5.41) is 0. The van der Waals surface area contributed by atoms with Gasteiger partial charge in [0.05, 0.1) is 0 Å². The highest BCUT2D eigenvalue weighted by atomic mass is 35.7. The molecule has 0 aromatic carbocycles. The molecule has 0 amide bonds. The summed E-state index contributed by atoms with van der Waals surface area (Å²) in [4.78, 5) is 2.18. The topological polar surface area (TPSA) is 3.24 Å². The maximum Gasteiger partial charge on any atom is 0.237 e. The van der Waals surface area contributed by atoms with Gasteiger partial charge in [-0.2, -0.15) is 22.2 Å². The molecule has 10 heavy (non-hydrogen) atoms. The van der Waals surface area contributed by atoms with Crippen molar-refractivity contribution in [2.75, 3.05) is 20.6 Å². The maximum atomic E-state index is 5.68. The molecular formula is C6H15Cl2NSi. The van der Waals surface area contributed by atoms with Crippen molar-refractivity contribution >= 4 is 29.6 Å². The van der Waals surface area contributed by atoms with Gasteiger partial charge in [0.15, 0.2) is 0 Å². The second-order valence-electron chi connectivity index (χ2n) is 2.69. The Kier molecular flexibility index (Phi) is 6.96. The molecule has 0 saturated heterocycles. The maximum absolute atomic E-state index is 5.68. The van der Waals surface area contributed by atoms with Crippen molar-refractivity contribution < 1.29 is 0 Å². The van der Waals surface area contributed by atoms with E-state index in [-0.39, 0.29) is 0 Å². The van der Waals surface area contributed by atoms with E-state index >= 15 is 0 Å². The van der Waals surface area contributed by atoms with Gasteiger partial charge in [-0.3, -0.25) is 0 Å². The monoisotopic (exact) mass is 199 g/mol. The van der Waals surface area contributed by atoms with E-state index in [1.807, 2.05) is 0 Å². The van der Waals surface area contributed by atoms with Crippen molar-refractivity contribution in [3.05, 3.63) is 0 Å². The molecule has 0 atom stereocenters. The highest BCUT2D eigenvalue weighted by Crippen LogP contribution is 2.08. The van der Waals surface area contributed by atoms with Crippen molar-refractivity contribution in [3.63, 3.8) is 0 Å². The van der Waals surface area contributed by atoms with E-state index in [1.165, 1.54) is 12.8 Å². The Morgan fingerprint density at radius 1 is 1.20 bits per heavy atom. The summed E-state index contributed by atoms with van der Waals surface area (Å²) in [6.45, 7) is 1.15. The third-order valence-corrected chi connectivity index (χ3v) is 3.43. The molecule has 0 aliphatic carbocycles. The molecule has 0 aliphatic rings. The quantitative estimate of drug-likeness (QED) is 0.373. The Labute approximate surface area is 74.3 Å². The summed E-state index contributed by atoms with van der Waals surface area (Å²) < 4.78 is 0. The second kappa shape index (κ2) is 6.47.